The second kappa shape index (κ2) is 14.5. The molecule has 0 saturated heterocycles. The first kappa shape index (κ1) is 32.6. The average Bonchev–Trinajstić information content (AvgIpc) is 2.97. The first-order valence-electron chi connectivity index (χ1n) is 15.5. The van der Waals surface area contributed by atoms with E-state index in [1.807, 2.05) is 24.3 Å². The third kappa shape index (κ3) is 7.63. The second-order valence-electron chi connectivity index (χ2n) is 12.2. The highest BCUT2D eigenvalue weighted by Crippen LogP contribution is 2.57. The zero-order valence-corrected chi connectivity index (χ0v) is 26.4. The molecule has 0 amide bonds. The number of carbonyl (C=O) groups excluding carboxylic acids is 2. The van der Waals surface area contributed by atoms with E-state index in [-0.39, 0.29) is 57.2 Å². The minimum absolute atomic E-state index is 0.00977. The molecule has 0 radical (unpaired) electrons. The SMILES string of the molecule is CCOC(=O)C(C)(CCOc1c(C=C2C3CC4CC(C3)CC2C4)cccc1OP(=O)(CCC#N)CCC#N)C(=O)OCC. The number of nitriles is 2. The lowest BCUT2D eigenvalue weighted by atomic mass is 9.54. The Bertz CT molecular complexity index is 1270. The summed E-state index contributed by atoms with van der Waals surface area (Å²) in [5.41, 5.74) is 0.631. The van der Waals surface area contributed by atoms with Gasteiger partial charge in [-0.2, -0.15) is 10.5 Å². The van der Waals surface area contributed by atoms with Crippen LogP contribution in [0.3, 0.4) is 0 Å². The monoisotopic (exact) mass is 610 g/mol. The number of hydrogen-bond donors (Lipinski definition) is 0. The minimum Gasteiger partial charge on any atom is -0.489 e. The molecule has 232 valence electrons. The van der Waals surface area contributed by atoms with E-state index in [1.165, 1.54) is 44.6 Å². The van der Waals surface area contributed by atoms with Crippen molar-refractivity contribution in [2.45, 2.75) is 72.1 Å². The number of nitrogens with zero attached hydrogens (tertiary/aromatic N) is 2. The van der Waals surface area contributed by atoms with Crippen LogP contribution in [-0.4, -0.2) is 44.1 Å². The molecule has 43 heavy (non-hydrogen) atoms. The molecule has 0 aliphatic heterocycles. The predicted octanol–water partition coefficient (Wildman–Crippen LogP) is 6.91. The van der Waals surface area contributed by atoms with Crippen LogP contribution in [0, 0.1) is 51.7 Å². The highest BCUT2D eigenvalue weighted by Gasteiger charge is 2.46. The topological polar surface area (TPSA) is 136 Å². The molecule has 0 heterocycles. The molecular weight excluding hydrogens is 567 g/mol. The van der Waals surface area contributed by atoms with E-state index >= 15 is 0 Å². The summed E-state index contributed by atoms with van der Waals surface area (Å²) in [6, 6.07) is 9.49. The van der Waals surface area contributed by atoms with Gasteiger partial charge < -0.3 is 18.7 Å². The molecule has 0 N–H and O–H groups in total. The maximum absolute atomic E-state index is 13.8. The van der Waals surface area contributed by atoms with Crippen LogP contribution in [0.15, 0.2) is 23.8 Å². The molecule has 0 spiro atoms. The molecule has 4 aliphatic carbocycles. The van der Waals surface area contributed by atoms with Gasteiger partial charge in [-0.1, -0.05) is 23.8 Å². The number of rotatable bonds is 15. The van der Waals surface area contributed by atoms with Gasteiger partial charge in [-0.3, -0.25) is 14.2 Å². The lowest BCUT2D eigenvalue weighted by Gasteiger charge is -2.51. The fourth-order valence-corrected chi connectivity index (χ4v) is 8.85. The molecule has 4 bridgehead atoms. The van der Waals surface area contributed by atoms with E-state index in [1.54, 1.807) is 19.9 Å². The number of hydrogen-bond acceptors (Lipinski definition) is 9. The van der Waals surface area contributed by atoms with Crippen molar-refractivity contribution < 1.29 is 32.9 Å². The van der Waals surface area contributed by atoms with Crippen molar-refractivity contribution in [2.75, 3.05) is 32.1 Å². The number of ether oxygens (including phenoxy) is 3. The number of carbonyl (C=O) groups is 2. The second-order valence-corrected chi connectivity index (χ2v) is 14.9. The van der Waals surface area contributed by atoms with Gasteiger partial charge in [-0.15, -0.1) is 0 Å². The molecule has 4 fully saturated rings. The first-order valence-corrected chi connectivity index (χ1v) is 17.5. The van der Waals surface area contributed by atoms with Crippen LogP contribution in [0.25, 0.3) is 6.08 Å². The van der Waals surface area contributed by atoms with Crippen molar-refractivity contribution in [3.8, 4) is 23.6 Å². The van der Waals surface area contributed by atoms with Crippen LogP contribution in [-0.2, 0) is 23.6 Å². The first-order chi connectivity index (χ1) is 20.7. The van der Waals surface area contributed by atoms with Gasteiger partial charge in [-0.25, -0.2) is 0 Å². The summed E-state index contributed by atoms with van der Waals surface area (Å²) in [4.78, 5) is 25.7. The molecule has 9 nitrogen and oxygen atoms in total. The van der Waals surface area contributed by atoms with Crippen LogP contribution in [0.5, 0.6) is 11.5 Å². The maximum atomic E-state index is 13.8. The standard InChI is InChI=1S/C33H43N2O7P/c1-4-39-31(36)33(3,32(37)40-5-2)11-14-41-30-25(22-28-26-18-23-17-24(20-26)21-27(28)19-23)9-6-10-29(30)42-43(38,15-7-12-34)16-8-13-35/h6,9-10,22-24,26-27H,4-5,7-8,11,14-21H2,1-3H3. The Labute approximate surface area is 255 Å². The summed E-state index contributed by atoms with van der Waals surface area (Å²) >= 11 is 0. The Balaban J connectivity index is 1.67. The number of esters is 2. The van der Waals surface area contributed by atoms with Crippen molar-refractivity contribution in [1.82, 2.24) is 0 Å². The largest absolute Gasteiger partial charge is 0.489 e. The van der Waals surface area contributed by atoms with Crippen LogP contribution in [0.2, 0.25) is 0 Å². The van der Waals surface area contributed by atoms with Gasteiger partial charge in [0.05, 0.1) is 32.0 Å². The van der Waals surface area contributed by atoms with Crippen molar-refractivity contribution in [3.05, 3.63) is 29.3 Å². The highest BCUT2D eigenvalue weighted by molar-refractivity contribution is 7.59. The summed E-state index contributed by atoms with van der Waals surface area (Å²) in [6.45, 7) is 5.04. The Kier molecular flexibility index (Phi) is 11.0. The lowest BCUT2D eigenvalue weighted by molar-refractivity contribution is -0.171. The summed E-state index contributed by atoms with van der Waals surface area (Å²) in [7, 11) is -3.39. The number of para-hydroxylation sites is 1. The van der Waals surface area contributed by atoms with Crippen LogP contribution < -0.4 is 9.26 Å². The lowest BCUT2D eigenvalue weighted by Crippen LogP contribution is -2.40. The summed E-state index contributed by atoms with van der Waals surface area (Å²) in [5.74, 6) is 1.95. The van der Waals surface area contributed by atoms with Crippen molar-refractivity contribution in [2.24, 2.45) is 29.1 Å². The van der Waals surface area contributed by atoms with Gasteiger partial charge in [0.1, 0.15) is 0 Å². The molecule has 5 rings (SSSR count). The summed E-state index contributed by atoms with van der Waals surface area (Å²) in [6.07, 6.45) is 8.47. The van der Waals surface area contributed by atoms with Crippen LogP contribution in [0.1, 0.15) is 77.7 Å². The predicted molar refractivity (Wildman–Crippen MR) is 161 cm³/mol. The van der Waals surface area contributed by atoms with Gasteiger partial charge in [0, 0.05) is 37.1 Å². The van der Waals surface area contributed by atoms with E-state index in [9.17, 15) is 14.2 Å². The molecule has 1 aromatic rings. The van der Waals surface area contributed by atoms with Gasteiger partial charge in [0.25, 0.3) is 0 Å². The molecule has 0 aromatic heterocycles. The molecule has 0 unspecified atom stereocenters. The number of benzene rings is 1. The maximum Gasteiger partial charge on any atom is 0.323 e. The Morgan fingerprint density at radius 2 is 1.51 bits per heavy atom. The Morgan fingerprint density at radius 3 is 2.02 bits per heavy atom. The van der Waals surface area contributed by atoms with Crippen molar-refractivity contribution >= 4 is 25.4 Å². The van der Waals surface area contributed by atoms with Gasteiger partial charge in [-0.05, 0) is 82.6 Å². The van der Waals surface area contributed by atoms with E-state index in [0.717, 1.165) is 17.4 Å². The molecule has 4 aliphatic rings. The Morgan fingerprint density at radius 1 is 0.953 bits per heavy atom. The Hall–Kier alpha value is -3.29. The minimum atomic E-state index is -3.39. The van der Waals surface area contributed by atoms with E-state index < -0.39 is 24.7 Å². The molecule has 10 heteroatoms. The van der Waals surface area contributed by atoms with E-state index in [4.69, 9.17) is 29.3 Å². The highest BCUT2D eigenvalue weighted by atomic mass is 31.2. The molecular formula is C33H43N2O7P. The third-order valence-corrected chi connectivity index (χ3v) is 11.4. The quantitative estimate of drug-likeness (QED) is 0.118. The van der Waals surface area contributed by atoms with Gasteiger partial charge in [0.15, 0.2) is 16.9 Å². The third-order valence-electron chi connectivity index (χ3n) is 9.11. The van der Waals surface area contributed by atoms with E-state index in [2.05, 4.69) is 6.08 Å². The summed E-state index contributed by atoms with van der Waals surface area (Å²) < 4.78 is 36.7. The van der Waals surface area contributed by atoms with Crippen LogP contribution >= 0.6 is 7.37 Å². The van der Waals surface area contributed by atoms with E-state index in [0.29, 0.717) is 17.6 Å². The van der Waals surface area contributed by atoms with Gasteiger partial charge in [0.2, 0.25) is 7.37 Å². The van der Waals surface area contributed by atoms with Crippen LogP contribution in [0.4, 0.5) is 0 Å². The molecule has 0 atom stereocenters. The zero-order chi connectivity index (χ0) is 31.0. The smallest absolute Gasteiger partial charge is 0.323 e. The fourth-order valence-electron chi connectivity index (χ4n) is 7.06. The molecule has 1 aromatic carbocycles. The van der Waals surface area contributed by atoms with Gasteiger partial charge >= 0.3 is 11.9 Å². The van der Waals surface area contributed by atoms with Crippen molar-refractivity contribution in [3.63, 3.8) is 0 Å². The fraction of sp³-hybridized carbons (Fsp3) is 0.636. The van der Waals surface area contributed by atoms with Crippen molar-refractivity contribution in [1.29, 1.82) is 10.5 Å². The number of allylic oxidation sites excluding steroid dienone is 1. The normalized spacial score (nSPS) is 22.3. The molecule has 4 saturated carbocycles. The zero-order valence-electron chi connectivity index (χ0n) is 25.5. The summed E-state index contributed by atoms with van der Waals surface area (Å²) in [5, 5.41) is 18.3. The average molecular weight is 611 g/mol.